The third-order valence-electron chi connectivity index (χ3n) is 4.43. The smallest absolute Gasteiger partial charge is 0.387 e. The molecule has 158 valence electrons. The zero-order valence-corrected chi connectivity index (χ0v) is 16.5. The van der Waals surface area contributed by atoms with E-state index in [-0.39, 0.29) is 22.7 Å². The SMILES string of the molecule is CCn1ncc(NC(=O)c2ccc(OC(F)F)cc2)c1C(=O)Nc1cnn(C)c1C. The molecule has 3 aromatic rings. The van der Waals surface area contributed by atoms with Crippen molar-refractivity contribution in [3.63, 3.8) is 0 Å². The van der Waals surface area contributed by atoms with Gasteiger partial charge in [-0.2, -0.15) is 19.0 Å². The van der Waals surface area contributed by atoms with Gasteiger partial charge in [0.1, 0.15) is 11.4 Å². The van der Waals surface area contributed by atoms with Crippen LogP contribution in [-0.4, -0.2) is 38.0 Å². The lowest BCUT2D eigenvalue weighted by Crippen LogP contribution is -2.21. The summed E-state index contributed by atoms with van der Waals surface area (Å²) in [6, 6.07) is 5.21. The molecule has 0 aliphatic rings. The highest BCUT2D eigenvalue weighted by molar-refractivity contribution is 6.11. The molecular formula is C19H20F2N6O3. The summed E-state index contributed by atoms with van der Waals surface area (Å²) in [6.45, 7) is 1.08. The molecule has 0 spiro atoms. The van der Waals surface area contributed by atoms with Crippen molar-refractivity contribution >= 4 is 23.2 Å². The molecule has 0 aliphatic heterocycles. The van der Waals surface area contributed by atoms with Gasteiger partial charge < -0.3 is 15.4 Å². The highest BCUT2D eigenvalue weighted by Gasteiger charge is 2.21. The molecule has 0 fully saturated rings. The Morgan fingerprint density at radius 3 is 2.27 bits per heavy atom. The number of ether oxygens (including phenoxy) is 1. The Balaban J connectivity index is 1.79. The first-order valence-corrected chi connectivity index (χ1v) is 9.02. The zero-order valence-electron chi connectivity index (χ0n) is 16.5. The van der Waals surface area contributed by atoms with E-state index in [0.717, 1.165) is 5.69 Å². The van der Waals surface area contributed by atoms with Gasteiger partial charge in [-0.05, 0) is 38.1 Å². The van der Waals surface area contributed by atoms with E-state index in [1.807, 2.05) is 13.8 Å². The van der Waals surface area contributed by atoms with Gasteiger partial charge in [0, 0.05) is 19.2 Å². The van der Waals surface area contributed by atoms with Crippen LogP contribution >= 0.6 is 0 Å². The average Bonchev–Trinajstić information content (AvgIpc) is 3.26. The van der Waals surface area contributed by atoms with Gasteiger partial charge in [0.25, 0.3) is 11.8 Å². The molecule has 0 saturated carbocycles. The van der Waals surface area contributed by atoms with Crippen LogP contribution in [0.25, 0.3) is 0 Å². The Bertz CT molecular complexity index is 1060. The molecular weight excluding hydrogens is 398 g/mol. The molecule has 2 amide bonds. The lowest BCUT2D eigenvalue weighted by molar-refractivity contribution is -0.0498. The molecule has 0 radical (unpaired) electrons. The molecule has 0 bridgehead atoms. The summed E-state index contributed by atoms with van der Waals surface area (Å²) in [6.07, 6.45) is 2.90. The van der Waals surface area contributed by atoms with Crippen molar-refractivity contribution in [2.45, 2.75) is 27.0 Å². The Labute approximate surface area is 170 Å². The number of anilines is 2. The monoisotopic (exact) mass is 418 g/mol. The number of halogens is 2. The first-order chi connectivity index (χ1) is 14.3. The van der Waals surface area contributed by atoms with E-state index in [9.17, 15) is 18.4 Å². The number of benzene rings is 1. The highest BCUT2D eigenvalue weighted by atomic mass is 19.3. The largest absolute Gasteiger partial charge is 0.435 e. The Kier molecular flexibility index (Phi) is 6.09. The predicted molar refractivity (Wildman–Crippen MR) is 105 cm³/mol. The summed E-state index contributed by atoms with van der Waals surface area (Å²) in [5.41, 5.74) is 1.90. The number of nitrogens with zero attached hydrogens (tertiary/aromatic N) is 4. The van der Waals surface area contributed by atoms with Crippen molar-refractivity contribution in [2.75, 3.05) is 10.6 Å². The fourth-order valence-corrected chi connectivity index (χ4v) is 2.74. The van der Waals surface area contributed by atoms with E-state index in [4.69, 9.17) is 0 Å². The Hall–Kier alpha value is -3.76. The molecule has 0 aliphatic carbocycles. The van der Waals surface area contributed by atoms with Crippen LogP contribution in [0.1, 0.15) is 33.5 Å². The van der Waals surface area contributed by atoms with Crippen molar-refractivity contribution in [3.05, 3.63) is 53.6 Å². The number of carbonyl (C=O) groups is 2. The van der Waals surface area contributed by atoms with Crippen LogP contribution in [0.5, 0.6) is 5.75 Å². The van der Waals surface area contributed by atoms with E-state index in [1.54, 1.807) is 11.7 Å². The minimum atomic E-state index is -2.95. The summed E-state index contributed by atoms with van der Waals surface area (Å²) < 4.78 is 31.8. The first-order valence-electron chi connectivity index (χ1n) is 9.02. The van der Waals surface area contributed by atoms with Gasteiger partial charge in [0.15, 0.2) is 0 Å². The maximum absolute atomic E-state index is 12.9. The van der Waals surface area contributed by atoms with Crippen LogP contribution in [0, 0.1) is 6.92 Å². The molecule has 2 N–H and O–H groups in total. The molecule has 9 nitrogen and oxygen atoms in total. The number of amides is 2. The van der Waals surface area contributed by atoms with Crippen LogP contribution in [0.2, 0.25) is 0 Å². The van der Waals surface area contributed by atoms with E-state index >= 15 is 0 Å². The molecule has 11 heteroatoms. The zero-order chi connectivity index (χ0) is 21.8. The number of rotatable bonds is 7. The number of nitrogens with one attached hydrogen (secondary N) is 2. The van der Waals surface area contributed by atoms with E-state index in [0.29, 0.717) is 12.2 Å². The highest BCUT2D eigenvalue weighted by Crippen LogP contribution is 2.21. The van der Waals surface area contributed by atoms with Gasteiger partial charge in [-0.3, -0.25) is 19.0 Å². The quantitative estimate of drug-likeness (QED) is 0.614. The summed E-state index contributed by atoms with van der Waals surface area (Å²) in [5.74, 6) is -1.05. The van der Waals surface area contributed by atoms with Crippen molar-refractivity contribution in [2.24, 2.45) is 7.05 Å². The molecule has 2 heterocycles. The van der Waals surface area contributed by atoms with Crippen LogP contribution in [-0.2, 0) is 13.6 Å². The van der Waals surface area contributed by atoms with Crippen molar-refractivity contribution in [1.29, 1.82) is 0 Å². The lowest BCUT2D eigenvalue weighted by atomic mass is 10.2. The third-order valence-corrected chi connectivity index (χ3v) is 4.43. The average molecular weight is 418 g/mol. The number of carbonyl (C=O) groups excluding carboxylic acids is 2. The topological polar surface area (TPSA) is 103 Å². The fraction of sp³-hybridized carbons (Fsp3) is 0.263. The minimum absolute atomic E-state index is 0.0627. The maximum Gasteiger partial charge on any atom is 0.387 e. The molecule has 3 rings (SSSR count). The molecule has 0 atom stereocenters. The van der Waals surface area contributed by atoms with Crippen LogP contribution in [0.3, 0.4) is 0 Å². The van der Waals surface area contributed by atoms with Crippen molar-refractivity contribution in [3.8, 4) is 5.75 Å². The second-order valence-electron chi connectivity index (χ2n) is 6.30. The number of aryl methyl sites for hydroxylation is 2. The van der Waals surface area contributed by atoms with Gasteiger partial charge in [0.2, 0.25) is 0 Å². The van der Waals surface area contributed by atoms with Gasteiger partial charge >= 0.3 is 6.61 Å². The van der Waals surface area contributed by atoms with E-state index in [2.05, 4.69) is 25.6 Å². The molecule has 0 unspecified atom stereocenters. The second-order valence-corrected chi connectivity index (χ2v) is 6.30. The summed E-state index contributed by atoms with van der Waals surface area (Å²) in [4.78, 5) is 25.4. The van der Waals surface area contributed by atoms with Crippen LogP contribution in [0.15, 0.2) is 36.7 Å². The fourth-order valence-electron chi connectivity index (χ4n) is 2.74. The molecule has 0 saturated heterocycles. The Morgan fingerprint density at radius 2 is 1.70 bits per heavy atom. The molecule has 2 aromatic heterocycles. The normalized spacial score (nSPS) is 10.9. The number of hydrogen-bond donors (Lipinski definition) is 2. The maximum atomic E-state index is 12.9. The van der Waals surface area contributed by atoms with Crippen LogP contribution in [0.4, 0.5) is 20.2 Å². The second kappa shape index (κ2) is 8.72. The van der Waals surface area contributed by atoms with E-state index < -0.39 is 18.4 Å². The van der Waals surface area contributed by atoms with Gasteiger partial charge in [-0.25, -0.2) is 0 Å². The van der Waals surface area contributed by atoms with Crippen molar-refractivity contribution in [1.82, 2.24) is 19.6 Å². The predicted octanol–water partition coefficient (Wildman–Crippen LogP) is 3.05. The van der Waals surface area contributed by atoms with Crippen LogP contribution < -0.4 is 15.4 Å². The van der Waals surface area contributed by atoms with Crippen molar-refractivity contribution < 1.29 is 23.1 Å². The third kappa shape index (κ3) is 4.45. The number of alkyl halides is 2. The van der Waals surface area contributed by atoms with E-state index in [1.165, 1.54) is 41.3 Å². The molecule has 30 heavy (non-hydrogen) atoms. The lowest BCUT2D eigenvalue weighted by Gasteiger charge is -2.10. The van der Waals surface area contributed by atoms with Gasteiger partial charge in [-0.15, -0.1) is 0 Å². The summed E-state index contributed by atoms with van der Waals surface area (Å²) in [5, 5.41) is 13.6. The number of aromatic nitrogens is 4. The summed E-state index contributed by atoms with van der Waals surface area (Å²) in [7, 11) is 1.75. The number of hydrogen-bond acceptors (Lipinski definition) is 5. The van der Waals surface area contributed by atoms with Gasteiger partial charge in [0.05, 0.1) is 29.5 Å². The first kappa shape index (κ1) is 21.0. The molecule has 1 aromatic carbocycles. The minimum Gasteiger partial charge on any atom is -0.435 e. The van der Waals surface area contributed by atoms with Gasteiger partial charge in [-0.1, -0.05) is 0 Å². The standard InChI is InChI=1S/C19H20F2N6O3/c1-4-27-16(18(29)24-14-9-22-26(3)11(14)2)15(10-23-27)25-17(28)12-5-7-13(8-6-12)30-19(20)21/h5-10,19H,4H2,1-3H3,(H,24,29)(H,25,28). The summed E-state index contributed by atoms with van der Waals surface area (Å²) >= 11 is 0. The Morgan fingerprint density at radius 1 is 1.07 bits per heavy atom.